The zero-order chi connectivity index (χ0) is 14.1. The van der Waals surface area contributed by atoms with Gasteiger partial charge in [0.25, 0.3) is 0 Å². The van der Waals surface area contributed by atoms with E-state index in [4.69, 9.17) is 0 Å². The summed E-state index contributed by atoms with van der Waals surface area (Å²) in [6, 6.07) is 5.74. The molecule has 106 valence electrons. The van der Waals surface area contributed by atoms with Crippen LogP contribution in [0.3, 0.4) is 0 Å². The Kier molecular flexibility index (Phi) is 3.34. The number of fused-ring (bicyclic) bond motifs is 1. The molecule has 5 nitrogen and oxygen atoms in total. The molecular formula is C15H19N3O2. The fraction of sp³-hybridized carbons (Fsp3) is 0.467. The maximum absolute atomic E-state index is 11.9. The largest absolute Gasteiger partial charge is 0.335 e. The van der Waals surface area contributed by atoms with E-state index in [1.807, 2.05) is 18.2 Å². The van der Waals surface area contributed by atoms with Gasteiger partial charge in [-0.2, -0.15) is 0 Å². The number of carbonyl (C=O) groups is 2. The number of nitrogens with one attached hydrogen (secondary N) is 2. The predicted molar refractivity (Wildman–Crippen MR) is 78.0 cm³/mol. The molecule has 0 aromatic heterocycles. The van der Waals surface area contributed by atoms with Crippen LogP contribution < -0.4 is 15.5 Å². The van der Waals surface area contributed by atoms with Crippen molar-refractivity contribution < 1.29 is 9.59 Å². The first-order valence-corrected chi connectivity index (χ1v) is 7.10. The van der Waals surface area contributed by atoms with E-state index in [9.17, 15) is 9.59 Å². The molecule has 1 saturated carbocycles. The van der Waals surface area contributed by atoms with E-state index in [0.717, 1.165) is 29.8 Å². The fourth-order valence-corrected chi connectivity index (χ4v) is 2.97. The van der Waals surface area contributed by atoms with Crippen molar-refractivity contribution in [1.82, 2.24) is 5.32 Å². The van der Waals surface area contributed by atoms with Gasteiger partial charge in [-0.05, 0) is 36.6 Å². The van der Waals surface area contributed by atoms with Gasteiger partial charge in [0, 0.05) is 24.5 Å². The van der Waals surface area contributed by atoms with Gasteiger partial charge < -0.3 is 15.5 Å². The molecule has 1 fully saturated rings. The molecule has 1 aliphatic carbocycles. The van der Waals surface area contributed by atoms with Crippen molar-refractivity contribution >= 4 is 23.3 Å². The molecule has 2 N–H and O–H groups in total. The number of rotatable bonds is 2. The first-order chi connectivity index (χ1) is 9.63. The van der Waals surface area contributed by atoms with Crippen molar-refractivity contribution in [3.8, 4) is 0 Å². The van der Waals surface area contributed by atoms with Crippen LogP contribution in [-0.4, -0.2) is 25.0 Å². The Morgan fingerprint density at radius 2 is 2.05 bits per heavy atom. The van der Waals surface area contributed by atoms with E-state index in [2.05, 4.69) is 10.6 Å². The number of carbonyl (C=O) groups excluding carboxylic acids is 2. The fourth-order valence-electron chi connectivity index (χ4n) is 2.97. The standard InChI is InChI=1S/C15H19N3O2/c1-18-13-7-6-12(8-10(13)9-14(18)19)17-15(20)16-11-4-2-3-5-11/h6-8,11H,2-5,9H2,1H3,(H2,16,17,20). The molecule has 0 radical (unpaired) electrons. The van der Waals surface area contributed by atoms with Gasteiger partial charge in [-0.1, -0.05) is 12.8 Å². The Morgan fingerprint density at radius 1 is 1.30 bits per heavy atom. The smallest absolute Gasteiger partial charge is 0.319 e. The Hall–Kier alpha value is -2.04. The Morgan fingerprint density at radius 3 is 2.80 bits per heavy atom. The Bertz CT molecular complexity index is 550. The van der Waals surface area contributed by atoms with E-state index in [-0.39, 0.29) is 11.9 Å². The minimum absolute atomic E-state index is 0.0903. The lowest BCUT2D eigenvalue weighted by Gasteiger charge is -2.14. The third-order valence-electron chi connectivity index (χ3n) is 4.10. The summed E-state index contributed by atoms with van der Waals surface area (Å²) in [7, 11) is 1.77. The SMILES string of the molecule is CN1C(=O)Cc2cc(NC(=O)NC3CCCC3)ccc21. The molecular weight excluding hydrogens is 254 g/mol. The second-order valence-electron chi connectivity index (χ2n) is 5.55. The van der Waals surface area contributed by atoms with E-state index >= 15 is 0 Å². The van der Waals surface area contributed by atoms with Crippen molar-refractivity contribution in [2.24, 2.45) is 0 Å². The van der Waals surface area contributed by atoms with Crippen LogP contribution in [0.1, 0.15) is 31.2 Å². The molecule has 0 bridgehead atoms. The number of benzene rings is 1. The minimum Gasteiger partial charge on any atom is -0.335 e. The van der Waals surface area contributed by atoms with Gasteiger partial charge >= 0.3 is 6.03 Å². The van der Waals surface area contributed by atoms with Gasteiger partial charge in [-0.3, -0.25) is 4.79 Å². The summed E-state index contributed by atoms with van der Waals surface area (Å²) in [5.41, 5.74) is 2.63. The van der Waals surface area contributed by atoms with Crippen LogP contribution in [0.4, 0.5) is 16.2 Å². The highest BCUT2D eigenvalue weighted by atomic mass is 16.2. The molecule has 0 atom stereocenters. The summed E-state index contributed by atoms with van der Waals surface area (Å²) in [6.07, 6.45) is 4.93. The molecule has 1 aromatic carbocycles. The van der Waals surface area contributed by atoms with E-state index in [0.29, 0.717) is 12.5 Å². The van der Waals surface area contributed by atoms with Crippen LogP contribution in [0.2, 0.25) is 0 Å². The lowest BCUT2D eigenvalue weighted by Crippen LogP contribution is -2.36. The first kappa shape index (κ1) is 13.0. The van der Waals surface area contributed by atoms with Crippen LogP contribution in [0.15, 0.2) is 18.2 Å². The molecule has 1 aliphatic heterocycles. The summed E-state index contributed by atoms with van der Waals surface area (Å²) in [4.78, 5) is 25.2. The van der Waals surface area contributed by atoms with E-state index in [1.54, 1.807) is 11.9 Å². The maximum Gasteiger partial charge on any atom is 0.319 e. The Labute approximate surface area is 118 Å². The molecule has 5 heteroatoms. The zero-order valence-electron chi connectivity index (χ0n) is 11.6. The molecule has 20 heavy (non-hydrogen) atoms. The molecule has 0 saturated heterocycles. The highest BCUT2D eigenvalue weighted by Crippen LogP contribution is 2.30. The molecule has 3 amide bonds. The second-order valence-corrected chi connectivity index (χ2v) is 5.55. The maximum atomic E-state index is 11.9. The van der Waals surface area contributed by atoms with Crippen molar-refractivity contribution in [1.29, 1.82) is 0 Å². The number of amides is 3. The van der Waals surface area contributed by atoms with Crippen LogP contribution >= 0.6 is 0 Å². The summed E-state index contributed by atoms with van der Waals surface area (Å²) in [5, 5.41) is 5.83. The van der Waals surface area contributed by atoms with Gasteiger partial charge in [0.2, 0.25) is 5.91 Å². The predicted octanol–water partition coefficient (Wildman–Crippen LogP) is 2.27. The highest BCUT2D eigenvalue weighted by Gasteiger charge is 2.24. The summed E-state index contributed by atoms with van der Waals surface area (Å²) >= 11 is 0. The molecule has 1 aromatic rings. The molecule has 3 rings (SSSR count). The van der Waals surface area contributed by atoms with E-state index in [1.165, 1.54) is 12.8 Å². The Balaban J connectivity index is 1.65. The topological polar surface area (TPSA) is 61.4 Å². The van der Waals surface area contributed by atoms with Crippen LogP contribution in [0, 0.1) is 0 Å². The van der Waals surface area contributed by atoms with Gasteiger partial charge in [0.05, 0.1) is 6.42 Å². The zero-order valence-corrected chi connectivity index (χ0v) is 11.6. The van der Waals surface area contributed by atoms with E-state index < -0.39 is 0 Å². The van der Waals surface area contributed by atoms with Crippen molar-refractivity contribution in [3.05, 3.63) is 23.8 Å². The van der Waals surface area contributed by atoms with Gasteiger partial charge in [-0.25, -0.2) is 4.79 Å². The summed E-state index contributed by atoms with van der Waals surface area (Å²) < 4.78 is 0. The molecule has 0 unspecified atom stereocenters. The lowest BCUT2D eigenvalue weighted by atomic mass is 10.1. The quantitative estimate of drug-likeness (QED) is 0.868. The van der Waals surface area contributed by atoms with Crippen LogP contribution in [0.5, 0.6) is 0 Å². The number of anilines is 2. The third kappa shape index (κ3) is 2.48. The third-order valence-corrected chi connectivity index (χ3v) is 4.10. The lowest BCUT2D eigenvalue weighted by molar-refractivity contribution is -0.117. The minimum atomic E-state index is -0.158. The van der Waals surface area contributed by atoms with Gasteiger partial charge in [0.1, 0.15) is 0 Å². The molecule has 0 spiro atoms. The average Bonchev–Trinajstić information content (AvgIpc) is 2.99. The molecule has 1 heterocycles. The number of urea groups is 1. The monoisotopic (exact) mass is 273 g/mol. The van der Waals surface area contributed by atoms with Crippen LogP contribution in [-0.2, 0) is 11.2 Å². The normalized spacial score (nSPS) is 18.2. The summed E-state index contributed by atoms with van der Waals surface area (Å²) in [6.45, 7) is 0. The van der Waals surface area contributed by atoms with Crippen molar-refractivity contribution in [2.45, 2.75) is 38.1 Å². The number of hydrogen-bond acceptors (Lipinski definition) is 2. The average molecular weight is 273 g/mol. The van der Waals surface area contributed by atoms with Crippen LogP contribution in [0.25, 0.3) is 0 Å². The first-order valence-electron chi connectivity index (χ1n) is 7.10. The second kappa shape index (κ2) is 5.15. The number of likely N-dealkylation sites (N-methyl/N-ethyl adjacent to an activating group) is 1. The van der Waals surface area contributed by atoms with Crippen molar-refractivity contribution in [3.63, 3.8) is 0 Å². The van der Waals surface area contributed by atoms with Gasteiger partial charge in [-0.15, -0.1) is 0 Å². The van der Waals surface area contributed by atoms with Gasteiger partial charge in [0.15, 0.2) is 0 Å². The summed E-state index contributed by atoms with van der Waals surface area (Å²) in [5.74, 6) is 0.0903. The number of nitrogens with zero attached hydrogens (tertiary/aromatic N) is 1. The highest BCUT2D eigenvalue weighted by molar-refractivity contribution is 6.01. The molecule has 2 aliphatic rings. The number of hydrogen-bond donors (Lipinski definition) is 2. The van der Waals surface area contributed by atoms with Crippen molar-refractivity contribution in [2.75, 3.05) is 17.3 Å².